The minimum Gasteiger partial charge on any atom is -0.504 e. The van der Waals surface area contributed by atoms with Gasteiger partial charge in [0.1, 0.15) is 0 Å². The van der Waals surface area contributed by atoms with Crippen LogP contribution in [0.3, 0.4) is 0 Å². The molecule has 0 spiro atoms. The molecular formula is C32H48O7. The number of carbonyl (C=O) groups excluding carboxylic acids is 1. The predicted molar refractivity (Wildman–Crippen MR) is 156 cm³/mol. The average molecular weight is 545 g/mol. The summed E-state index contributed by atoms with van der Waals surface area (Å²) < 4.78 is 11.1. The molecule has 0 radical (unpaired) electrons. The largest absolute Gasteiger partial charge is 0.504 e. The molecule has 3 N–H and O–H groups in total. The van der Waals surface area contributed by atoms with Crippen LogP contribution in [-0.4, -0.2) is 34.5 Å². The fourth-order valence-electron chi connectivity index (χ4n) is 4.69. The Kier molecular flexibility index (Phi) is 15.2. The van der Waals surface area contributed by atoms with Crippen molar-refractivity contribution in [3.05, 3.63) is 34.0 Å². The molecule has 0 aliphatic heterocycles. The predicted octanol–water partition coefficient (Wildman–Crippen LogP) is 8.13. The van der Waals surface area contributed by atoms with Crippen LogP contribution in [-0.2, 0) is 4.74 Å². The number of phenols is 2. The van der Waals surface area contributed by atoms with Crippen molar-refractivity contribution in [3.8, 4) is 23.0 Å². The maximum atomic E-state index is 12.7. The Bertz CT molecular complexity index is 1080. The van der Waals surface area contributed by atoms with E-state index in [1.54, 1.807) is 0 Å². The van der Waals surface area contributed by atoms with Gasteiger partial charge in [0.2, 0.25) is 11.2 Å². The lowest BCUT2D eigenvalue weighted by atomic mass is 10.1. The number of hydrogen-bond donors (Lipinski definition) is 3. The van der Waals surface area contributed by atoms with E-state index in [0.29, 0.717) is 6.61 Å². The molecule has 7 heteroatoms. The zero-order chi connectivity index (χ0) is 28.5. The number of ether oxygens (including phenoxy) is 2. The summed E-state index contributed by atoms with van der Waals surface area (Å²) >= 11 is 0. The summed E-state index contributed by atoms with van der Waals surface area (Å²) in [6, 6.07) is 3.81. The average Bonchev–Trinajstić information content (AvgIpc) is 3.05. The summed E-state index contributed by atoms with van der Waals surface area (Å²) in [5, 5.41) is 31.2. The highest BCUT2D eigenvalue weighted by Gasteiger charge is 2.19. The molecule has 0 unspecified atom stereocenters. The third kappa shape index (κ3) is 11.0. The Hall–Kier alpha value is -2.96. The van der Waals surface area contributed by atoms with Crippen LogP contribution >= 0.6 is 0 Å². The van der Waals surface area contributed by atoms with E-state index < -0.39 is 28.6 Å². The zero-order valence-electron chi connectivity index (χ0n) is 23.9. The SMILES string of the molecule is CCCCCCCCCCCCOc1cc2cc(C(=O)OCCCCCCCC)cc(O)c(=O)c2c(O)c1O. The highest BCUT2D eigenvalue weighted by Crippen LogP contribution is 2.41. The minimum atomic E-state index is -0.894. The number of carbonyl (C=O) groups is 1. The number of aromatic hydroxyl groups is 3. The Labute approximate surface area is 233 Å². The molecule has 0 amide bonds. The first-order valence-corrected chi connectivity index (χ1v) is 15.0. The van der Waals surface area contributed by atoms with Gasteiger partial charge in [0.05, 0.1) is 24.2 Å². The standard InChI is InChI=1S/C32H48O7/c1-3-5-7-9-11-12-13-14-16-17-19-38-27-23-24-21-25(32(37)39-20-18-15-10-8-6-4-2)22-26(33)29(34)28(24)31(36)30(27)35/h21-23,35-36H,3-20H2,1-2H3,(H,33,34). The molecule has 0 saturated carbocycles. The lowest BCUT2D eigenvalue weighted by Gasteiger charge is -2.11. The zero-order valence-corrected chi connectivity index (χ0v) is 23.9. The van der Waals surface area contributed by atoms with Crippen LogP contribution in [0.5, 0.6) is 23.0 Å². The van der Waals surface area contributed by atoms with E-state index in [4.69, 9.17) is 9.47 Å². The van der Waals surface area contributed by atoms with Gasteiger partial charge < -0.3 is 24.8 Å². The number of phenolic OH excluding ortho intramolecular Hbond substituents is 2. The molecule has 2 aromatic carbocycles. The van der Waals surface area contributed by atoms with Crippen molar-refractivity contribution in [2.24, 2.45) is 0 Å². The van der Waals surface area contributed by atoms with Gasteiger partial charge in [0.25, 0.3) is 0 Å². The van der Waals surface area contributed by atoms with Crippen molar-refractivity contribution in [1.82, 2.24) is 0 Å². The van der Waals surface area contributed by atoms with Gasteiger partial charge in [-0.05, 0) is 36.4 Å². The summed E-state index contributed by atoms with van der Waals surface area (Å²) in [6.07, 6.45) is 18.1. The van der Waals surface area contributed by atoms with Gasteiger partial charge in [-0.1, -0.05) is 104 Å². The van der Waals surface area contributed by atoms with E-state index in [2.05, 4.69) is 13.8 Å². The second-order valence-corrected chi connectivity index (χ2v) is 10.4. The molecule has 218 valence electrons. The lowest BCUT2D eigenvalue weighted by molar-refractivity contribution is 0.0497. The van der Waals surface area contributed by atoms with Crippen LogP contribution in [0.2, 0.25) is 0 Å². The maximum Gasteiger partial charge on any atom is 0.338 e. The number of hydrogen-bond acceptors (Lipinski definition) is 7. The van der Waals surface area contributed by atoms with Gasteiger partial charge in [-0.25, -0.2) is 4.79 Å². The van der Waals surface area contributed by atoms with Crippen molar-refractivity contribution in [1.29, 1.82) is 0 Å². The molecular weight excluding hydrogens is 496 g/mol. The highest BCUT2D eigenvalue weighted by atomic mass is 16.5. The topological polar surface area (TPSA) is 113 Å². The van der Waals surface area contributed by atoms with E-state index >= 15 is 0 Å². The van der Waals surface area contributed by atoms with Gasteiger partial charge in [-0.3, -0.25) is 4.79 Å². The quantitative estimate of drug-likeness (QED) is 0.0876. The van der Waals surface area contributed by atoms with E-state index in [1.807, 2.05) is 0 Å². The first kappa shape index (κ1) is 32.3. The van der Waals surface area contributed by atoms with Gasteiger partial charge in [-0.2, -0.15) is 0 Å². The number of benzene rings is 1. The first-order valence-electron chi connectivity index (χ1n) is 15.0. The minimum absolute atomic E-state index is 0.0173. The van der Waals surface area contributed by atoms with Crippen LogP contribution in [0.15, 0.2) is 23.0 Å². The molecule has 0 saturated heterocycles. The molecule has 0 aliphatic rings. The van der Waals surface area contributed by atoms with Crippen molar-refractivity contribution >= 4 is 16.7 Å². The Balaban J connectivity index is 1.99. The summed E-state index contributed by atoms with van der Waals surface area (Å²) in [5.74, 6) is -2.62. The molecule has 2 rings (SSSR count). The van der Waals surface area contributed by atoms with Crippen molar-refractivity contribution in [2.45, 2.75) is 117 Å². The molecule has 2 aromatic rings. The van der Waals surface area contributed by atoms with Crippen molar-refractivity contribution < 1.29 is 29.6 Å². The van der Waals surface area contributed by atoms with Crippen LogP contribution in [0.1, 0.15) is 127 Å². The van der Waals surface area contributed by atoms with E-state index in [0.717, 1.165) is 51.0 Å². The maximum absolute atomic E-state index is 12.7. The van der Waals surface area contributed by atoms with E-state index in [1.165, 1.54) is 69.9 Å². The van der Waals surface area contributed by atoms with Gasteiger partial charge >= 0.3 is 5.97 Å². The number of unbranched alkanes of at least 4 members (excludes halogenated alkanes) is 14. The van der Waals surface area contributed by atoms with E-state index in [-0.39, 0.29) is 28.7 Å². The van der Waals surface area contributed by atoms with Crippen molar-refractivity contribution in [3.63, 3.8) is 0 Å². The third-order valence-electron chi connectivity index (χ3n) is 7.05. The number of fused-ring (bicyclic) bond motifs is 1. The Morgan fingerprint density at radius 1 is 0.667 bits per heavy atom. The fourth-order valence-corrected chi connectivity index (χ4v) is 4.69. The Morgan fingerprint density at radius 2 is 1.18 bits per heavy atom. The van der Waals surface area contributed by atoms with Crippen LogP contribution < -0.4 is 10.2 Å². The molecule has 0 bridgehead atoms. The molecule has 0 fully saturated rings. The van der Waals surface area contributed by atoms with Gasteiger partial charge in [0.15, 0.2) is 17.2 Å². The monoisotopic (exact) mass is 544 g/mol. The number of esters is 1. The molecule has 7 nitrogen and oxygen atoms in total. The number of rotatable bonds is 20. The summed E-state index contributed by atoms with van der Waals surface area (Å²) in [5.41, 5.74) is -0.912. The molecule has 0 heterocycles. The van der Waals surface area contributed by atoms with Crippen LogP contribution in [0.4, 0.5) is 0 Å². The van der Waals surface area contributed by atoms with Crippen LogP contribution in [0.25, 0.3) is 10.8 Å². The summed E-state index contributed by atoms with van der Waals surface area (Å²) in [6.45, 7) is 4.96. The van der Waals surface area contributed by atoms with E-state index in [9.17, 15) is 24.9 Å². The van der Waals surface area contributed by atoms with Crippen LogP contribution in [0, 0.1) is 0 Å². The van der Waals surface area contributed by atoms with Gasteiger partial charge in [0, 0.05) is 0 Å². The second-order valence-electron chi connectivity index (χ2n) is 10.4. The third-order valence-corrected chi connectivity index (χ3v) is 7.05. The Morgan fingerprint density at radius 3 is 1.74 bits per heavy atom. The lowest BCUT2D eigenvalue weighted by Crippen LogP contribution is -2.06. The molecule has 39 heavy (non-hydrogen) atoms. The summed E-state index contributed by atoms with van der Waals surface area (Å²) in [7, 11) is 0. The second kappa shape index (κ2) is 18.3. The normalized spacial score (nSPS) is 11.1. The molecule has 0 atom stereocenters. The van der Waals surface area contributed by atoms with Gasteiger partial charge in [-0.15, -0.1) is 0 Å². The first-order chi connectivity index (χ1) is 18.9. The summed E-state index contributed by atoms with van der Waals surface area (Å²) in [4.78, 5) is 25.4. The molecule has 0 aromatic heterocycles. The molecule has 0 aliphatic carbocycles. The van der Waals surface area contributed by atoms with Crippen molar-refractivity contribution in [2.75, 3.05) is 13.2 Å². The smallest absolute Gasteiger partial charge is 0.338 e. The highest BCUT2D eigenvalue weighted by molar-refractivity contribution is 5.98. The fraction of sp³-hybridized carbons (Fsp3) is 0.625.